The highest BCUT2D eigenvalue weighted by Crippen LogP contribution is 2.53. The maximum absolute atomic E-state index is 14.4. The second-order valence-corrected chi connectivity index (χ2v) is 20.2. The summed E-state index contributed by atoms with van der Waals surface area (Å²) in [4.78, 5) is 65.6. The number of phenols is 2. The standard InChI is InChI=1S/C37H43F3O14Si/c1-16(41)51-21-12-24(54-34(37(38,39)40)33(21)52-17(2)42)53-22-14-36(48,23(43)15-50-55(7,8)35(3,4)5)13-19-26(22)32(47)28-27(30(19)45)29(44)18-10-9-11-20(49-6)25(18)31(28)46/h9-11,21-22,24,33-34,45,47-48H,12-15H2,1-8H3/t21-,22-,24-,33-,34+,36-/m0/s1. The van der Waals surface area contributed by atoms with Gasteiger partial charge < -0.3 is 43.4 Å². The van der Waals surface area contributed by atoms with Gasteiger partial charge in [0.2, 0.25) is 5.78 Å². The molecule has 2 aromatic carbocycles. The summed E-state index contributed by atoms with van der Waals surface area (Å²) in [5.74, 6) is -6.73. The minimum absolute atomic E-state index is 0.0275. The Hall–Kier alpha value is -4.36. The Balaban J connectivity index is 1.65. The Morgan fingerprint density at radius 3 is 2.15 bits per heavy atom. The lowest BCUT2D eigenvalue weighted by molar-refractivity contribution is -0.338. The summed E-state index contributed by atoms with van der Waals surface area (Å²) in [6, 6.07) is 4.13. The number of Topliss-reactive ketones (excluding diaryl/α,β-unsaturated/α-hetero) is 1. The Morgan fingerprint density at radius 2 is 1.58 bits per heavy atom. The molecule has 0 aromatic heterocycles. The molecule has 1 heterocycles. The van der Waals surface area contributed by atoms with Crippen molar-refractivity contribution < 1.29 is 80.6 Å². The van der Waals surface area contributed by atoms with Gasteiger partial charge in [-0.25, -0.2) is 0 Å². The number of carbonyl (C=O) groups is 5. The van der Waals surface area contributed by atoms with E-state index in [1.807, 2.05) is 33.9 Å². The van der Waals surface area contributed by atoms with Crippen LogP contribution in [0.1, 0.15) is 96.5 Å². The number of esters is 2. The lowest BCUT2D eigenvalue weighted by atomic mass is 9.72. The summed E-state index contributed by atoms with van der Waals surface area (Å²) in [6.45, 7) is 10.6. The van der Waals surface area contributed by atoms with Crippen molar-refractivity contribution >= 4 is 37.6 Å². The summed E-state index contributed by atoms with van der Waals surface area (Å²) in [5, 5.41) is 35.3. The molecule has 0 bridgehead atoms. The van der Waals surface area contributed by atoms with Gasteiger partial charge in [-0.1, -0.05) is 32.9 Å². The van der Waals surface area contributed by atoms with E-state index in [1.165, 1.54) is 25.3 Å². The van der Waals surface area contributed by atoms with Crippen LogP contribution in [-0.2, 0) is 44.2 Å². The number of aromatic hydroxyl groups is 2. The number of carbonyl (C=O) groups excluding carboxylic acids is 5. The van der Waals surface area contributed by atoms with Crippen molar-refractivity contribution in [3.8, 4) is 17.2 Å². The van der Waals surface area contributed by atoms with Gasteiger partial charge in [0.25, 0.3) is 0 Å². The van der Waals surface area contributed by atoms with E-state index >= 15 is 0 Å². The van der Waals surface area contributed by atoms with Crippen molar-refractivity contribution in [2.24, 2.45) is 0 Å². The summed E-state index contributed by atoms with van der Waals surface area (Å²) in [5.41, 5.74) is -5.01. The van der Waals surface area contributed by atoms with Gasteiger partial charge in [-0.05, 0) is 24.2 Å². The Labute approximate surface area is 314 Å². The first-order chi connectivity index (χ1) is 25.3. The Kier molecular flexibility index (Phi) is 11.1. The fourth-order valence-corrected chi connectivity index (χ4v) is 7.78. The zero-order valence-electron chi connectivity index (χ0n) is 31.4. The molecule has 0 radical (unpaired) electrons. The maximum Gasteiger partial charge on any atom is 0.418 e. The van der Waals surface area contributed by atoms with Crippen LogP contribution >= 0.6 is 0 Å². The molecule has 2 aromatic rings. The predicted molar refractivity (Wildman–Crippen MR) is 185 cm³/mol. The first kappa shape index (κ1) is 41.8. The van der Waals surface area contributed by atoms with Crippen molar-refractivity contribution in [2.75, 3.05) is 13.7 Å². The third-order valence-corrected chi connectivity index (χ3v) is 15.1. The van der Waals surface area contributed by atoms with Gasteiger partial charge in [-0.15, -0.1) is 0 Å². The van der Waals surface area contributed by atoms with Crippen LogP contribution in [0.5, 0.6) is 17.2 Å². The molecular formula is C37H43F3O14Si. The number of benzene rings is 2. The average Bonchev–Trinajstić information content (AvgIpc) is 3.06. The van der Waals surface area contributed by atoms with Crippen LogP contribution in [0.2, 0.25) is 18.1 Å². The molecule has 0 amide bonds. The minimum atomic E-state index is -5.22. The molecule has 1 aliphatic heterocycles. The minimum Gasteiger partial charge on any atom is -0.507 e. The van der Waals surface area contributed by atoms with Gasteiger partial charge in [0.05, 0.1) is 36.5 Å². The molecule has 55 heavy (non-hydrogen) atoms. The van der Waals surface area contributed by atoms with E-state index in [0.717, 1.165) is 13.8 Å². The molecule has 1 saturated heterocycles. The molecule has 0 spiro atoms. The summed E-state index contributed by atoms with van der Waals surface area (Å²) in [7, 11) is -1.35. The Morgan fingerprint density at radius 1 is 0.964 bits per heavy atom. The van der Waals surface area contributed by atoms with Gasteiger partial charge in [0.15, 0.2) is 38.4 Å². The van der Waals surface area contributed by atoms with Crippen molar-refractivity contribution in [1.29, 1.82) is 0 Å². The SMILES string of the molecule is COc1cccc2c1C(=O)c1c(O)c3c(c(O)c1C2=O)C[C@@](O)(C(=O)CO[Si](C)(C)C(C)(C)C)C[C@@H]3O[C@@H]1C[C@H](OC(C)=O)[C@H](OC(C)=O)[C@H](C(F)(F)F)O1. The number of halogens is 3. The van der Waals surface area contributed by atoms with E-state index < -0.39 is 140 Å². The predicted octanol–water partition coefficient (Wildman–Crippen LogP) is 4.75. The highest BCUT2D eigenvalue weighted by atomic mass is 28.4. The van der Waals surface area contributed by atoms with E-state index in [-0.39, 0.29) is 21.9 Å². The molecule has 300 valence electrons. The highest BCUT2D eigenvalue weighted by molar-refractivity contribution is 6.74. The lowest BCUT2D eigenvalue weighted by Crippen LogP contribution is -2.58. The van der Waals surface area contributed by atoms with Crippen LogP contribution in [0, 0.1) is 0 Å². The van der Waals surface area contributed by atoms with Crippen molar-refractivity contribution in [2.45, 2.75) is 114 Å². The van der Waals surface area contributed by atoms with Gasteiger partial charge in [-0.2, -0.15) is 13.2 Å². The van der Waals surface area contributed by atoms with Crippen molar-refractivity contribution in [3.05, 3.63) is 51.6 Å². The van der Waals surface area contributed by atoms with Gasteiger partial charge in [-0.3, -0.25) is 24.0 Å². The second kappa shape index (κ2) is 14.6. The van der Waals surface area contributed by atoms with Crippen molar-refractivity contribution in [3.63, 3.8) is 0 Å². The molecule has 0 saturated carbocycles. The molecule has 3 N–H and O–H groups in total. The summed E-state index contributed by atoms with van der Waals surface area (Å²) < 4.78 is 75.9. The summed E-state index contributed by atoms with van der Waals surface area (Å²) >= 11 is 0. The number of hydrogen-bond acceptors (Lipinski definition) is 14. The van der Waals surface area contributed by atoms with Crippen molar-refractivity contribution in [1.82, 2.24) is 0 Å². The first-order valence-corrected chi connectivity index (χ1v) is 20.2. The fourth-order valence-electron chi connectivity index (χ4n) is 6.85. The van der Waals surface area contributed by atoms with E-state index in [9.17, 15) is 52.5 Å². The zero-order chi connectivity index (χ0) is 41.2. The number of ether oxygens (including phenoxy) is 5. The van der Waals surface area contributed by atoms with Crippen LogP contribution in [0.25, 0.3) is 0 Å². The third-order valence-electron chi connectivity index (χ3n) is 10.6. The number of fused-ring (bicyclic) bond motifs is 3. The van der Waals surface area contributed by atoms with Gasteiger partial charge >= 0.3 is 18.1 Å². The number of phenolic OH excluding ortho intramolecular Hbond substituents is 2. The van der Waals surface area contributed by atoms with E-state index in [1.54, 1.807) is 0 Å². The number of hydrogen-bond donors (Lipinski definition) is 3. The molecule has 2 aliphatic carbocycles. The topological polar surface area (TPSA) is 201 Å². The first-order valence-electron chi connectivity index (χ1n) is 17.3. The normalized spacial score (nSPS) is 25.3. The van der Waals surface area contributed by atoms with Crippen LogP contribution in [-0.4, -0.2) is 103 Å². The van der Waals surface area contributed by atoms with Crippen LogP contribution < -0.4 is 4.74 Å². The number of ketones is 3. The summed E-state index contributed by atoms with van der Waals surface area (Å²) in [6.07, 6.45) is -18.1. The number of aliphatic hydroxyl groups is 1. The largest absolute Gasteiger partial charge is 0.507 e. The smallest absolute Gasteiger partial charge is 0.418 e. The highest BCUT2D eigenvalue weighted by Gasteiger charge is 2.57. The average molecular weight is 797 g/mol. The van der Waals surface area contributed by atoms with E-state index in [2.05, 4.69) is 0 Å². The molecule has 6 atom stereocenters. The van der Waals surface area contributed by atoms with Gasteiger partial charge in [0.1, 0.15) is 29.0 Å². The quantitative estimate of drug-likeness (QED) is 0.152. The lowest BCUT2D eigenvalue weighted by Gasteiger charge is -2.44. The van der Waals surface area contributed by atoms with Crippen LogP contribution in [0.3, 0.4) is 0 Å². The Bertz CT molecular complexity index is 1940. The number of alkyl halides is 3. The third kappa shape index (κ3) is 7.74. The zero-order valence-corrected chi connectivity index (χ0v) is 32.4. The van der Waals surface area contributed by atoms with Crippen LogP contribution in [0.4, 0.5) is 13.2 Å². The number of methoxy groups -OCH3 is 1. The molecule has 3 aliphatic rings. The van der Waals surface area contributed by atoms with Gasteiger partial charge in [0, 0.05) is 49.8 Å². The molecule has 5 rings (SSSR count). The molecule has 1 fully saturated rings. The second-order valence-electron chi connectivity index (χ2n) is 15.4. The number of rotatable bonds is 9. The maximum atomic E-state index is 14.4. The van der Waals surface area contributed by atoms with E-state index in [4.69, 9.17) is 28.1 Å². The van der Waals surface area contributed by atoms with E-state index in [0.29, 0.717) is 0 Å². The molecule has 18 heteroatoms. The monoisotopic (exact) mass is 796 g/mol. The fraction of sp³-hybridized carbons (Fsp3) is 0.541. The molecular weight excluding hydrogens is 753 g/mol. The van der Waals surface area contributed by atoms with Crippen LogP contribution in [0.15, 0.2) is 18.2 Å². The molecule has 0 unspecified atom stereocenters. The molecule has 14 nitrogen and oxygen atoms in total.